The van der Waals surface area contributed by atoms with Crippen molar-refractivity contribution < 1.29 is 4.79 Å². The molecule has 1 aromatic carbocycles. The Morgan fingerprint density at radius 3 is 2.83 bits per heavy atom. The fraction of sp³-hybridized carbons (Fsp3) is 0.500. The summed E-state index contributed by atoms with van der Waals surface area (Å²) in [4.78, 5) is 11.8. The molecule has 1 unspecified atom stereocenters. The number of carbonyl (C=O) groups is 1. The summed E-state index contributed by atoms with van der Waals surface area (Å²) >= 11 is 3.50. The van der Waals surface area contributed by atoms with E-state index >= 15 is 0 Å². The zero-order chi connectivity index (χ0) is 13.0. The molecule has 18 heavy (non-hydrogen) atoms. The van der Waals surface area contributed by atoms with Crippen molar-refractivity contribution in [1.29, 1.82) is 0 Å². The van der Waals surface area contributed by atoms with Gasteiger partial charge in [-0.05, 0) is 43.9 Å². The maximum Gasteiger partial charge on any atom is 0.234 e. The summed E-state index contributed by atoms with van der Waals surface area (Å²) in [5.74, 6) is 0.859. The zero-order valence-corrected chi connectivity index (χ0v) is 12.2. The first-order valence-electron chi connectivity index (χ1n) is 6.41. The van der Waals surface area contributed by atoms with Crippen molar-refractivity contribution in [1.82, 2.24) is 10.6 Å². The lowest BCUT2D eigenvalue weighted by atomic mass is 10.1. The molecule has 0 radical (unpaired) electrons. The topological polar surface area (TPSA) is 41.1 Å². The fourth-order valence-electron chi connectivity index (χ4n) is 1.91. The molecule has 0 spiro atoms. The summed E-state index contributed by atoms with van der Waals surface area (Å²) in [5, 5.41) is 6.19. The molecule has 0 bridgehead atoms. The van der Waals surface area contributed by atoms with Crippen LogP contribution in [0.1, 0.15) is 31.4 Å². The number of hydrogen-bond donors (Lipinski definition) is 2. The van der Waals surface area contributed by atoms with Crippen LogP contribution < -0.4 is 10.6 Å². The summed E-state index contributed by atoms with van der Waals surface area (Å²) in [6.45, 7) is 3.38. The molecule has 98 valence electrons. The Bertz CT molecular complexity index is 418. The first kappa shape index (κ1) is 13.6. The number of nitrogens with one attached hydrogen (secondary N) is 2. The van der Waals surface area contributed by atoms with Gasteiger partial charge in [-0.2, -0.15) is 0 Å². The van der Waals surface area contributed by atoms with Crippen LogP contribution in [0.25, 0.3) is 0 Å². The molecule has 0 aliphatic heterocycles. The number of benzene rings is 1. The molecule has 0 aromatic heterocycles. The average molecular weight is 311 g/mol. The van der Waals surface area contributed by atoms with Crippen LogP contribution in [0.4, 0.5) is 0 Å². The molecule has 0 saturated heterocycles. The van der Waals surface area contributed by atoms with E-state index in [0.717, 1.165) is 22.5 Å². The third-order valence-electron chi connectivity index (χ3n) is 3.16. The van der Waals surface area contributed by atoms with E-state index in [2.05, 4.69) is 26.6 Å². The van der Waals surface area contributed by atoms with Crippen molar-refractivity contribution in [2.75, 3.05) is 13.1 Å². The Morgan fingerprint density at radius 2 is 2.17 bits per heavy atom. The van der Waals surface area contributed by atoms with Crippen molar-refractivity contribution in [2.45, 2.75) is 25.8 Å². The van der Waals surface area contributed by atoms with Gasteiger partial charge >= 0.3 is 0 Å². The highest BCUT2D eigenvalue weighted by atomic mass is 79.9. The van der Waals surface area contributed by atoms with Crippen molar-refractivity contribution in [3.63, 3.8) is 0 Å². The zero-order valence-electron chi connectivity index (χ0n) is 10.6. The third kappa shape index (κ3) is 4.10. The SMILES string of the molecule is CC(NC(=O)CNCC1CC1)c1ccccc1Br. The minimum absolute atomic E-state index is 0.0239. The van der Waals surface area contributed by atoms with E-state index in [1.165, 1.54) is 12.8 Å². The largest absolute Gasteiger partial charge is 0.348 e. The van der Waals surface area contributed by atoms with Crippen molar-refractivity contribution in [3.05, 3.63) is 34.3 Å². The van der Waals surface area contributed by atoms with E-state index in [9.17, 15) is 4.79 Å². The van der Waals surface area contributed by atoms with Gasteiger partial charge in [0.2, 0.25) is 5.91 Å². The fourth-order valence-corrected chi connectivity index (χ4v) is 2.54. The van der Waals surface area contributed by atoms with E-state index < -0.39 is 0 Å². The second-order valence-corrected chi connectivity index (χ2v) is 5.74. The summed E-state index contributed by atoms with van der Waals surface area (Å²) < 4.78 is 1.03. The van der Waals surface area contributed by atoms with E-state index in [1.54, 1.807) is 0 Å². The molecule has 1 aromatic rings. The second-order valence-electron chi connectivity index (χ2n) is 4.88. The van der Waals surface area contributed by atoms with Gasteiger partial charge in [0, 0.05) is 4.47 Å². The molecule has 1 fully saturated rings. The molecular formula is C14H19BrN2O. The van der Waals surface area contributed by atoms with Gasteiger partial charge in [-0.1, -0.05) is 34.1 Å². The minimum Gasteiger partial charge on any atom is -0.348 e. The molecular weight excluding hydrogens is 292 g/mol. The Morgan fingerprint density at radius 1 is 1.44 bits per heavy atom. The van der Waals surface area contributed by atoms with E-state index in [0.29, 0.717) is 6.54 Å². The molecule has 1 aliphatic carbocycles. The van der Waals surface area contributed by atoms with Crippen LogP contribution in [0.5, 0.6) is 0 Å². The maximum absolute atomic E-state index is 11.8. The average Bonchev–Trinajstić information content (AvgIpc) is 3.13. The molecule has 4 heteroatoms. The predicted octanol–water partition coefficient (Wildman–Crippen LogP) is 2.63. The first-order valence-corrected chi connectivity index (χ1v) is 7.20. The monoisotopic (exact) mass is 310 g/mol. The first-order chi connectivity index (χ1) is 8.66. The van der Waals surface area contributed by atoms with Crippen LogP contribution in [0.15, 0.2) is 28.7 Å². The van der Waals surface area contributed by atoms with Crippen LogP contribution in [-0.4, -0.2) is 19.0 Å². The number of amides is 1. The van der Waals surface area contributed by atoms with Gasteiger partial charge in [-0.15, -0.1) is 0 Å². The third-order valence-corrected chi connectivity index (χ3v) is 3.89. The number of halogens is 1. The van der Waals surface area contributed by atoms with Crippen molar-refractivity contribution in [3.8, 4) is 0 Å². The van der Waals surface area contributed by atoms with Gasteiger partial charge in [0.15, 0.2) is 0 Å². The molecule has 1 aliphatic rings. The van der Waals surface area contributed by atoms with Gasteiger partial charge in [0.05, 0.1) is 12.6 Å². The Balaban J connectivity index is 1.77. The normalized spacial score (nSPS) is 16.3. The molecule has 1 atom stereocenters. The lowest BCUT2D eigenvalue weighted by Gasteiger charge is -2.16. The van der Waals surface area contributed by atoms with Crippen LogP contribution >= 0.6 is 15.9 Å². The number of carbonyl (C=O) groups excluding carboxylic acids is 1. The van der Waals surface area contributed by atoms with Crippen LogP contribution in [-0.2, 0) is 4.79 Å². The Hall–Kier alpha value is -0.870. The second kappa shape index (κ2) is 6.34. The maximum atomic E-state index is 11.8. The van der Waals surface area contributed by atoms with Crippen LogP contribution in [0, 0.1) is 5.92 Å². The quantitative estimate of drug-likeness (QED) is 0.848. The Labute approximate surface area is 116 Å². The highest BCUT2D eigenvalue weighted by Gasteiger charge is 2.20. The van der Waals surface area contributed by atoms with Crippen LogP contribution in [0.2, 0.25) is 0 Å². The minimum atomic E-state index is 0.0239. The number of rotatable bonds is 6. The van der Waals surface area contributed by atoms with Gasteiger partial charge in [0.1, 0.15) is 0 Å². The lowest BCUT2D eigenvalue weighted by Crippen LogP contribution is -2.36. The standard InChI is InChI=1S/C14H19BrN2O/c1-10(12-4-2-3-5-13(12)15)17-14(18)9-16-8-11-6-7-11/h2-5,10-11,16H,6-9H2,1H3,(H,17,18). The molecule has 2 N–H and O–H groups in total. The smallest absolute Gasteiger partial charge is 0.234 e. The lowest BCUT2D eigenvalue weighted by molar-refractivity contribution is -0.120. The van der Waals surface area contributed by atoms with Gasteiger partial charge in [-0.25, -0.2) is 0 Å². The van der Waals surface area contributed by atoms with Gasteiger partial charge < -0.3 is 10.6 Å². The van der Waals surface area contributed by atoms with E-state index in [1.807, 2.05) is 31.2 Å². The van der Waals surface area contributed by atoms with Crippen molar-refractivity contribution >= 4 is 21.8 Å². The number of hydrogen-bond acceptors (Lipinski definition) is 2. The van der Waals surface area contributed by atoms with E-state index in [4.69, 9.17) is 0 Å². The summed E-state index contributed by atoms with van der Waals surface area (Å²) in [6, 6.07) is 7.99. The molecule has 2 rings (SSSR count). The highest BCUT2D eigenvalue weighted by molar-refractivity contribution is 9.10. The molecule has 1 saturated carbocycles. The molecule has 0 heterocycles. The summed E-state index contributed by atoms with van der Waals surface area (Å²) in [5.41, 5.74) is 1.10. The highest BCUT2D eigenvalue weighted by Crippen LogP contribution is 2.27. The molecule has 1 amide bonds. The van der Waals surface area contributed by atoms with Crippen LogP contribution in [0.3, 0.4) is 0 Å². The van der Waals surface area contributed by atoms with E-state index in [-0.39, 0.29) is 11.9 Å². The Kier molecular flexibility index (Phi) is 4.78. The summed E-state index contributed by atoms with van der Waals surface area (Å²) in [7, 11) is 0. The van der Waals surface area contributed by atoms with Gasteiger partial charge in [-0.3, -0.25) is 4.79 Å². The predicted molar refractivity (Wildman–Crippen MR) is 76.3 cm³/mol. The van der Waals surface area contributed by atoms with Crippen molar-refractivity contribution in [2.24, 2.45) is 5.92 Å². The molecule has 3 nitrogen and oxygen atoms in total. The summed E-state index contributed by atoms with van der Waals surface area (Å²) in [6.07, 6.45) is 2.62. The van der Waals surface area contributed by atoms with Gasteiger partial charge in [0.25, 0.3) is 0 Å².